The number of rotatable bonds is 3. The van der Waals surface area contributed by atoms with Crippen LogP contribution in [-0.4, -0.2) is 43.7 Å². The van der Waals surface area contributed by atoms with Crippen molar-refractivity contribution in [2.24, 2.45) is 7.05 Å². The molecule has 0 saturated carbocycles. The number of aromatic nitrogens is 5. The molecule has 8 nitrogen and oxygen atoms in total. The lowest BCUT2D eigenvalue weighted by Gasteiger charge is -2.24. The maximum Gasteiger partial charge on any atom is 0.226 e. The maximum atomic E-state index is 12.4. The number of nitrogens with zero attached hydrogens (tertiary/aromatic N) is 6. The van der Waals surface area contributed by atoms with Gasteiger partial charge in [-0.2, -0.15) is 5.10 Å². The Hall–Kier alpha value is -3.29. The van der Waals surface area contributed by atoms with E-state index in [-0.39, 0.29) is 11.8 Å². The zero-order chi connectivity index (χ0) is 19.1. The largest absolute Gasteiger partial charge is 0.341 e. The van der Waals surface area contributed by atoms with Gasteiger partial charge in [0.05, 0.1) is 5.69 Å². The predicted molar refractivity (Wildman–Crippen MR) is 105 cm³/mol. The monoisotopic (exact) mass is 375 g/mol. The first-order valence-electron chi connectivity index (χ1n) is 9.55. The molecule has 3 aromatic rings. The minimum atomic E-state index is -0.139. The highest BCUT2D eigenvalue weighted by Gasteiger charge is 2.33. The Morgan fingerprint density at radius 2 is 1.93 bits per heavy atom. The van der Waals surface area contributed by atoms with E-state index in [4.69, 9.17) is 0 Å². The summed E-state index contributed by atoms with van der Waals surface area (Å²) in [6, 6.07) is 3.87. The number of carbonyl (C=O) groups excluding carboxylic acids is 1. The smallest absolute Gasteiger partial charge is 0.226 e. The lowest BCUT2D eigenvalue weighted by atomic mass is 9.86. The number of pyridine rings is 1. The zero-order valence-corrected chi connectivity index (χ0v) is 15.7. The molecule has 1 atom stereocenters. The molecule has 1 fully saturated rings. The number of anilines is 2. The summed E-state index contributed by atoms with van der Waals surface area (Å²) in [5.41, 5.74) is 3.68. The molecule has 8 heteroatoms. The zero-order valence-electron chi connectivity index (χ0n) is 15.7. The fourth-order valence-corrected chi connectivity index (χ4v) is 4.08. The third-order valence-corrected chi connectivity index (χ3v) is 5.46. The molecule has 1 N–H and O–H groups in total. The molecule has 1 amide bonds. The van der Waals surface area contributed by atoms with E-state index in [1.54, 1.807) is 17.1 Å². The van der Waals surface area contributed by atoms with Crippen LogP contribution in [0.4, 0.5) is 11.8 Å². The summed E-state index contributed by atoms with van der Waals surface area (Å²) < 4.78 is 1.72. The molecule has 0 aromatic carbocycles. The molecule has 28 heavy (non-hydrogen) atoms. The number of fused-ring (bicyclic) bond motifs is 1. The van der Waals surface area contributed by atoms with Crippen molar-refractivity contribution in [2.75, 3.05) is 23.3 Å². The highest BCUT2D eigenvalue weighted by Crippen LogP contribution is 2.42. The molecule has 5 heterocycles. The number of nitrogens with one attached hydrogen (secondary N) is 1. The van der Waals surface area contributed by atoms with Crippen molar-refractivity contribution >= 4 is 17.7 Å². The third-order valence-electron chi connectivity index (χ3n) is 5.46. The van der Waals surface area contributed by atoms with Gasteiger partial charge in [0.15, 0.2) is 0 Å². The molecule has 0 spiro atoms. The third kappa shape index (κ3) is 2.81. The van der Waals surface area contributed by atoms with E-state index in [9.17, 15) is 4.79 Å². The topological polar surface area (TPSA) is 88.8 Å². The van der Waals surface area contributed by atoms with E-state index in [0.29, 0.717) is 6.42 Å². The van der Waals surface area contributed by atoms with Gasteiger partial charge in [0.2, 0.25) is 11.9 Å². The first kappa shape index (κ1) is 16.9. The SMILES string of the molecule is Cn1nc(-c2cccnc2)c2c1NC(=O)C[C@@H]2c1cnc(N2CCCC2)nc1. The van der Waals surface area contributed by atoms with E-state index < -0.39 is 0 Å². The van der Waals surface area contributed by atoms with Gasteiger partial charge in [0, 0.05) is 68.4 Å². The van der Waals surface area contributed by atoms with Crippen LogP contribution in [0.1, 0.15) is 36.3 Å². The highest BCUT2D eigenvalue weighted by atomic mass is 16.1. The van der Waals surface area contributed by atoms with Crippen molar-refractivity contribution in [1.82, 2.24) is 24.7 Å². The molecule has 3 aromatic heterocycles. The van der Waals surface area contributed by atoms with E-state index in [1.807, 2.05) is 31.6 Å². The van der Waals surface area contributed by atoms with Gasteiger partial charge in [-0.05, 0) is 30.5 Å². The van der Waals surface area contributed by atoms with E-state index >= 15 is 0 Å². The van der Waals surface area contributed by atoms with Gasteiger partial charge in [0.1, 0.15) is 5.82 Å². The summed E-state index contributed by atoms with van der Waals surface area (Å²) in [5, 5.41) is 7.63. The van der Waals surface area contributed by atoms with Crippen LogP contribution in [0.25, 0.3) is 11.3 Å². The molecule has 2 aliphatic rings. The van der Waals surface area contributed by atoms with Gasteiger partial charge in [-0.1, -0.05) is 0 Å². The summed E-state index contributed by atoms with van der Waals surface area (Å²) in [5.74, 6) is 1.33. The van der Waals surface area contributed by atoms with Gasteiger partial charge in [-0.15, -0.1) is 0 Å². The van der Waals surface area contributed by atoms with Crippen molar-refractivity contribution in [1.29, 1.82) is 0 Å². The van der Waals surface area contributed by atoms with Crippen LogP contribution < -0.4 is 10.2 Å². The lowest BCUT2D eigenvalue weighted by molar-refractivity contribution is -0.116. The fourth-order valence-electron chi connectivity index (χ4n) is 4.08. The number of hydrogen-bond acceptors (Lipinski definition) is 6. The molecule has 0 bridgehead atoms. The quantitative estimate of drug-likeness (QED) is 0.756. The molecule has 0 unspecified atom stereocenters. The van der Waals surface area contributed by atoms with Crippen LogP contribution in [0.15, 0.2) is 36.9 Å². The first-order valence-corrected chi connectivity index (χ1v) is 9.55. The molecule has 0 aliphatic carbocycles. The number of aryl methyl sites for hydroxylation is 1. The standard InChI is InChI=1S/C20H21N7O/c1-26-19-17(18(25-26)13-5-4-6-21-10-13)15(9-16(28)24-19)14-11-22-20(23-12-14)27-7-2-3-8-27/h4-6,10-12,15H,2-3,7-9H2,1H3,(H,24,28)/t15-/m1/s1. The Morgan fingerprint density at radius 3 is 2.64 bits per heavy atom. The molecule has 2 aliphatic heterocycles. The number of hydrogen-bond donors (Lipinski definition) is 1. The minimum Gasteiger partial charge on any atom is -0.341 e. The van der Waals surface area contributed by atoms with Gasteiger partial charge < -0.3 is 10.2 Å². The van der Waals surface area contributed by atoms with Gasteiger partial charge in [0.25, 0.3) is 0 Å². The van der Waals surface area contributed by atoms with Gasteiger partial charge in [-0.25, -0.2) is 9.97 Å². The van der Waals surface area contributed by atoms with E-state index in [2.05, 4.69) is 30.3 Å². The summed E-state index contributed by atoms with van der Waals surface area (Å²) in [6.45, 7) is 2.01. The van der Waals surface area contributed by atoms with Crippen molar-refractivity contribution in [3.63, 3.8) is 0 Å². The summed E-state index contributed by atoms with van der Waals surface area (Å²) in [7, 11) is 1.84. The second-order valence-electron chi connectivity index (χ2n) is 7.29. The van der Waals surface area contributed by atoms with Crippen LogP contribution in [0, 0.1) is 0 Å². The molecular formula is C20H21N7O. The Bertz CT molecular complexity index is 1010. The van der Waals surface area contributed by atoms with E-state index in [0.717, 1.165) is 47.2 Å². The van der Waals surface area contributed by atoms with Crippen LogP contribution in [0.5, 0.6) is 0 Å². The number of carbonyl (C=O) groups is 1. The predicted octanol–water partition coefficient (Wildman–Crippen LogP) is 2.35. The molecule has 142 valence electrons. The maximum absolute atomic E-state index is 12.4. The molecule has 5 rings (SSSR count). The summed E-state index contributed by atoms with van der Waals surface area (Å²) in [4.78, 5) is 28.0. The van der Waals surface area contributed by atoms with Crippen molar-refractivity contribution in [3.05, 3.63) is 48.0 Å². The fraction of sp³-hybridized carbons (Fsp3) is 0.350. The van der Waals surface area contributed by atoms with Crippen molar-refractivity contribution < 1.29 is 4.79 Å². The van der Waals surface area contributed by atoms with Gasteiger partial charge in [-0.3, -0.25) is 14.5 Å². The minimum absolute atomic E-state index is 0.0261. The normalized spacial score (nSPS) is 18.8. The highest BCUT2D eigenvalue weighted by molar-refractivity contribution is 5.96. The average molecular weight is 375 g/mol. The number of amides is 1. The Morgan fingerprint density at radius 1 is 1.14 bits per heavy atom. The Kier molecular flexibility index (Phi) is 4.03. The van der Waals surface area contributed by atoms with Crippen LogP contribution >= 0.6 is 0 Å². The molecule has 0 radical (unpaired) electrons. The Labute approximate surface area is 162 Å². The first-order chi connectivity index (χ1) is 13.7. The van der Waals surface area contributed by atoms with Crippen molar-refractivity contribution in [2.45, 2.75) is 25.2 Å². The Balaban J connectivity index is 1.57. The second-order valence-corrected chi connectivity index (χ2v) is 7.29. The molecular weight excluding hydrogens is 354 g/mol. The summed E-state index contributed by atoms with van der Waals surface area (Å²) >= 11 is 0. The van der Waals surface area contributed by atoms with Crippen LogP contribution in [-0.2, 0) is 11.8 Å². The average Bonchev–Trinajstić information content (AvgIpc) is 3.37. The lowest BCUT2D eigenvalue weighted by Crippen LogP contribution is -2.25. The van der Waals surface area contributed by atoms with Crippen molar-refractivity contribution in [3.8, 4) is 11.3 Å². The van der Waals surface area contributed by atoms with Gasteiger partial charge >= 0.3 is 0 Å². The molecule has 1 saturated heterocycles. The second kappa shape index (κ2) is 6.70. The van der Waals surface area contributed by atoms with Crippen LogP contribution in [0.3, 0.4) is 0 Å². The van der Waals surface area contributed by atoms with Crippen LogP contribution in [0.2, 0.25) is 0 Å². The summed E-state index contributed by atoms with van der Waals surface area (Å²) in [6.07, 6.45) is 9.95. The van der Waals surface area contributed by atoms with E-state index in [1.165, 1.54) is 12.8 Å².